The molecule has 2 aliphatic heterocycles. The highest BCUT2D eigenvalue weighted by molar-refractivity contribution is 6.33. The number of fused-ring (bicyclic) bond motifs is 1. The number of Topliss-reactive ketones (excluding diaryl/α,β-unsaturated/α-hetero) is 1. The van der Waals surface area contributed by atoms with Crippen molar-refractivity contribution in [1.82, 2.24) is 5.32 Å². The number of ether oxygens (including phenoxy) is 1. The van der Waals surface area contributed by atoms with Crippen LogP contribution in [0.15, 0.2) is 48.5 Å². The number of hydrogen-bond acceptors (Lipinski definition) is 4. The predicted molar refractivity (Wildman–Crippen MR) is 100.0 cm³/mol. The normalized spacial score (nSPS) is 21.9. The van der Waals surface area contributed by atoms with Crippen LogP contribution in [-0.2, 0) is 4.79 Å². The SMILES string of the molecule is O=C(NC1COc2ccccc2C1=O)C1CCN(c2ccccc2Cl)C1. The molecule has 0 radical (unpaired) electrons. The van der Waals surface area contributed by atoms with Crippen LogP contribution in [0.4, 0.5) is 5.69 Å². The molecule has 1 amide bonds. The maximum Gasteiger partial charge on any atom is 0.225 e. The molecule has 26 heavy (non-hydrogen) atoms. The van der Waals surface area contributed by atoms with Gasteiger partial charge < -0.3 is 15.0 Å². The number of carbonyl (C=O) groups is 2. The molecule has 4 rings (SSSR count). The maximum absolute atomic E-state index is 12.7. The lowest BCUT2D eigenvalue weighted by Crippen LogP contribution is -2.49. The molecule has 0 bridgehead atoms. The van der Waals surface area contributed by atoms with E-state index in [1.54, 1.807) is 18.2 Å². The Morgan fingerprint density at radius 1 is 1.15 bits per heavy atom. The van der Waals surface area contributed by atoms with Gasteiger partial charge in [0.2, 0.25) is 5.91 Å². The van der Waals surface area contributed by atoms with E-state index in [4.69, 9.17) is 16.3 Å². The van der Waals surface area contributed by atoms with Gasteiger partial charge in [0.05, 0.1) is 22.2 Å². The first-order valence-electron chi connectivity index (χ1n) is 8.69. The van der Waals surface area contributed by atoms with Crippen molar-refractivity contribution in [3.8, 4) is 5.75 Å². The molecule has 0 saturated carbocycles. The molecule has 1 N–H and O–H groups in total. The van der Waals surface area contributed by atoms with Gasteiger partial charge in [-0.05, 0) is 30.7 Å². The van der Waals surface area contributed by atoms with Gasteiger partial charge >= 0.3 is 0 Å². The molecule has 2 aromatic rings. The first-order valence-corrected chi connectivity index (χ1v) is 9.07. The minimum atomic E-state index is -0.633. The average Bonchev–Trinajstić information content (AvgIpc) is 3.15. The van der Waals surface area contributed by atoms with Gasteiger partial charge in [-0.1, -0.05) is 35.9 Å². The van der Waals surface area contributed by atoms with Crippen LogP contribution in [0.1, 0.15) is 16.8 Å². The van der Waals surface area contributed by atoms with Crippen molar-refractivity contribution in [2.24, 2.45) is 5.92 Å². The maximum atomic E-state index is 12.7. The largest absolute Gasteiger partial charge is 0.490 e. The molecule has 0 aliphatic carbocycles. The summed E-state index contributed by atoms with van der Waals surface area (Å²) in [5, 5.41) is 3.55. The lowest BCUT2D eigenvalue weighted by atomic mass is 10.00. The fourth-order valence-corrected chi connectivity index (χ4v) is 3.79. The number of nitrogens with zero attached hydrogens (tertiary/aromatic N) is 1. The van der Waals surface area contributed by atoms with E-state index in [1.165, 1.54) is 0 Å². The zero-order valence-electron chi connectivity index (χ0n) is 14.2. The van der Waals surface area contributed by atoms with Gasteiger partial charge in [-0.25, -0.2) is 0 Å². The standard InChI is InChI=1S/C20H19ClN2O3/c21-15-6-2-3-7-17(15)23-10-9-13(11-23)20(25)22-16-12-26-18-8-4-1-5-14(18)19(16)24/h1-8,13,16H,9-12H2,(H,22,25). The minimum absolute atomic E-state index is 0.0962. The molecule has 2 heterocycles. The molecule has 134 valence electrons. The minimum Gasteiger partial charge on any atom is -0.490 e. The summed E-state index contributed by atoms with van der Waals surface area (Å²) in [4.78, 5) is 27.3. The second-order valence-electron chi connectivity index (χ2n) is 6.62. The van der Waals surface area contributed by atoms with Crippen LogP contribution in [0.2, 0.25) is 5.02 Å². The van der Waals surface area contributed by atoms with Crippen LogP contribution in [-0.4, -0.2) is 37.4 Å². The monoisotopic (exact) mass is 370 g/mol. The molecule has 0 spiro atoms. The zero-order chi connectivity index (χ0) is 18.1. The number of carbonyl (C=O) groups excluding carboxylic acids is 2. The predicted octanol–water partition coefficient (Wildman–Crippen LogP) is 2.93. The number of anilines is 1. The molecule has 6 heteroatoms. The van der Waals surface area contributed by atoms with E-state index in [1.807, 2.05) is 30.3 Å². The van der Waals surface area contributed by atoms with Crippen molar-refractivity contribution in [2.45, 2.75) is 12.5 Å². The average molecular weight is 371 g/mol. The van der Waals surface area contributed by atoms with Gasteiger partial charge in [0.15, 0.2) is 5.78 Å². The Morgan fingerprint density at radius 3 is 2.77 bits per heavy atom. The van der Waals surface area contributed by atoms with E-state index >= 15 is 0 Å². The number of hydrogen-bond donors (Lipinski definition) is 1. The van der Waals surface area contributed by atoms with Crippen LogP contribution in [0, 0.1) is 5.92 Å². The van der Waals surface area contributed by atoms with Gasteiger partial charge in [0, 0.05) is 13.1 Å². The zero-order valence-corrected chi connectivity index (χ0v) is 14.9. The van der Waals surface area contributed by atoms with Crippen LogP contribution in [0.25, 0.3) is 0 Å². The van der Waals surface area contributed by atoms with Gasteiger partial charge in [0.1, 0.15) is 18.4 Å². The van der Waals surface area contributed by atoms with Crippen molar-refractivity contribution in [3.05, 3.63) is 59.1 Å². The summed E-state index contributed by atoms with van der Waals surface area (Å²) in [6.45, 7) is 1.52. The Morgan fingerprint density at radius 2 is 1.92 bits per heavy atom. The number of para-hydroxylation sites is 2. The Balaban J connectivity index is 1.41. The molecular formula is C20H19ClN2O3. The molecule has 1 saturated heterocycles. The highest BCUT2D eigenvalue weighted by Crippen LogP contribution is 2.30. The van der Waals surface area contributed by atoms with Crippen LogP contribution in [0.3, 0.4) is 0 Å². The van der Waals surface area contributed by atoms with Crippen LogP contribution >= 0.6 is 11.6 Å². The molecular weight excluding hydrogens is 352 g/mol. The van der Waals surface area contributed by atoms with Gasteiger partial charge in [-0.3, -0.25) is 9.59 Å². The number of amides is 1. The molecule has 2 aromatic carbocycles. The first-order chi connectivity index (χ1) is 12.6. The van der Waals surface area contributed by atoms with Gasteiger partial charge in [-0.15, -0.1) is 0 Å². The van der Waals surface area contributed by atoms with Crippen molar-refractivity contribution in [2.75, 3.05) is 24.6 Å². The van der Waals surface area contributed by atoms with E-state index < -0.39 is 6.04 Å². The van der Waals surface area contributed by atoms with Gasteiger partial charge in [0.25, 0.3) is 0 Å². The number of benzene rings is 2. The number of halogens is 1. The topological polar surface area (TPSA) is 58.6 Å². The third-order valence-electron chi connectivity index (χ3n) is 4.94. The Hall–Kier alpha value is -2.53. The van der Waals surface area contributed by atoms with E-state index in [2.05, 4.69) is 10.2 Å². The summed E-state index contributed by atoms with van der Waals surface area (Å²) >= 11 is 6.25. The van der Waals surface area contributed by atoms with E-state index in [0.29, 0.717) is 22.9 Å². The van der Waals surface area contributed by atoms with Crippen LogP contribution in [0.5, 0.6) is 5.75 Å². The third kappa shape index (κ3) is 3.15. The third-order valence-corrected chi connectivity index (χ3v) is 5.26. The van der Waals surface area contributed by atoms with Crippen molar-refractivity contribution in [1.29, 1.82) is 0 Å². The Kier molecular flexibility index (Phi) is 4.55. The fourth-order valence-electron chi connectivity index (χ4n) is 3.53. The lowest BCUT2D eigenvalue weighted by molar-refractivity contribution is -0.125. The molecule has 2 unspecified atom stereocenters. The Labute approximate surface area is 156 Å². The second kappa shape index (κ2) is 7.00. The van der Waals surface area contributed by atoms with Crippen molar-refractivity contribution < 1.29 is 14.3 Å². The second-order valence-corrected chi connectivity index (χ2v) is 7.02. The Bertz CT molecular complexity index is 854. The van der Waals surface area contributed by atoms with Gasteiger partial charge in [-0.2, -0.15) is 0 Å². The van der Waals surface area contributed by atoms with Crippen molar-refractivity contribution in [3.63, 3.8) is 0 Å². The summed E-state index contributed by atoms with van der Waals surface area (Å²) in [5.41, 5.74) is 1.46. The molecule has 1 fully saturated rings. The first kappa shape index (κ1) is 16.9. The molecule has 2 atom stereocenters. The highest BCUT2D eigenvalue weighted by atomic mass is 35.5. The highest BCUT2D eigenvalue weighted by Gasteiger charge is 2.34. The fraction of sp³-hybridized carbons (Fsp3) is 0.300. The smallest absolute Gasteiger partial charge is 0.225 e. The number of rotatable bonds is 3. The summed E-state index contributed by atoms with van der Waals surface area (Å²) in [7, 11) is 0. The quantitative estimate of drug-likeness (QED) is 0.902. The lowest BCUT2D eigenvalue weighted by Gasteiger charge is -2.26. The summed E-state index contributed by atoms with van der Waals surface area (Å²) in [5.74, 6) is 0.201. The number of nitrogens with one attached hydrogen (secondary N) is 1. The van der Waals surface area contributed by atoms with Crippen molar-refractivity contribution >= 4 is 29.0 Å². The molecule has 2 aliphatic rings. The molecule has 5 nitrogen and oxygen atoms in total. The number of ketones is 1. The summed E-state index contributed by atoms with van der Waals surface area (Å²) in [6, 6.07) is 14.1. The van der Waals surface area contributed by atoms with Crippen LogP contribution < -0.4 is 15.0 Å². The molecule has 0 aromatic heterocycles. The summed E-state index contributed by atoms with van der Waals surface area (Å²) < 4.78 is 5.61. The van der Waals surface area contributed by atoms with E-state index in [9.17, 15) is 9.59 Å². The summed E-state index contributed by atoms with van der Waals surface area (Å²) in [6.07, 6.45) is 0.732. The van der Waals surface area contributed by atoms with E-state index in [0.717, 1.165) is 18.7 Å². The van der Waals surface area contributed by atoms with E-state index in [-0.39, 0.29) is 24.2 Å².